The molecule has 0 atom stereocenters. The van der Waals surface area contributed by atoms with Gasteiger partial charge in [0, 0.05) is 25.4 Å². The van der Waals surface area contributed by atoms with Crippen LogP contribution >= 0.6 is 0 Å². The summed E-state index contributed by atoms with van der Waals surface area (Å²) in [6, 6.07) is 1.97. The Bertz CT molecular complexity index is 313. The monoisotopic (exact) mass is 209 g/mol. The van der Waals surface area contributed by atoms with Gasteiger partial charge in [0.25, 0.3) is 0 Å². The molecular formula is C11H19N3O. The molecule has 4 heteroatoms. The van der Waals surface area contributed by atoms with E-state index in [2.05, 4.69) is 29.1 Å². The Kier molecular flexibility index (Phi) is 4.49. The Morgan fingerprint density at radius 3 is 2.67 bits per heavy atom. The van der Waals surface area contributed by atoms with Crippen LogP contribution in [0, 0.1) is 0 Å². The topological polar surface area (TPSA) is 47.0 Å². The van der Waals surface area contributed by atoms with E-state index in [4.69, 9.17) is 4.74 Å². The van der Waals surface area contributed by atoms with Gasteiger partial charge >= 0.3 is 0 Å². The molecule has 0 radical (unpaired) electrons. The highest BCUT2D eigenvalue weighted by Crippen LogP contribution is 2.15. The van der Waals surface area contributed by atoms with Crippen molar-refractivity contribution in [3.8, 4) is 0 Å². The average molecular weight is 209 g/mol. The normalized spacial score (nSPS) is 10.7. The van der Waals surface area contributed by atoms with Crippen LogP contribution in [0.2, 0.25) is 0 Å². The first-order chi connectivity index (χ1) is 7.17. The standard InChI is InChI=1S/C11H19N3O/c1-5-15-7-11-13-9(8(2)3)6-10(12-4)14-11/h6,8H,5,7H2,1-4H3,(H,12,13,14). The summed E-state index contributed by atoms with van der Waals surface area (Å²) in [6.07, 6.45) is 0. The predicted molar refractivity (Wildman–Crippen MR) is 61.0 cm³/mol. The lowest BCUT2D eigenvalue weighted by molar-refractivity contribution is 0.128. The third kappa shape index (κ3) is 3.47. The molecule has 84 valence electrons. The van der Waals surface area contributed by atoms with Crippen LogP contribution in [0.1, 0.15) is 38.2 Å². The van der Waals surface area contributed by atoms with Crippen LogP contribution in [0.25, 0.3) is 0 Å². The van der Waals surface area contributed by atoms with E-state index in [-0.39, 0.29) is 0 Å². The average Bonchev–Trinajstić information content (AvgIpc) is 2.25. The summed E-state index contributed by atoms with van der Waals surface area (Å²) >= 11 is 0. The van der Waals surface area contributed by atoms with Crippen molar-refractivity contribution in [2.45, 2.75) is 33.3 Å². The van der Waals surface area contributed by atoms with Crippen LogP contribution in [0.15, 0.2) is 6.07 Å². The lowest BCUT2D eigenvalue weighted by atomic mass is 10.1. The van der Waals surface area contributed by atoms with Gasteiger partial charge < -0.3 is 10.1 Å². The molecule has 1 N–H and O–H groups in total. The van der Waals surface area contributed by atoms with Crippen molar-refractivity contribution in [3.05, 3.63) is 17.6 Å². The molecule has 1 aromatic rings. The molecule has 15 heavy (non-hydrogen) atoms. The summed E-state index contributed by atoms with van der Waals surface area (Å²) in [6.45, 7) is 7.36. The Hall–Kier alpha value is -1.16. The second-order valence-corrected chi connectivity index (χ2v) is 3.64. The van der Waals surface area contributed by atoms with Crippen molar-refractivity contribution in [1.29, 1.82) is 0 Å². The Labute approximate surface area is 91.1 Å². The van der Waals surface area contributed by atoms with E-state index in [1.165, 1.54) is 0 Å². The molecule has 0 amide bonds. The predicted octanol–water partition coefficient (Wildman–Crippen LogP) is 2.18. The number of hydrogen-bond acceptors (Lipinski definition) is 4. The molecular weight excluding hydrogens is 190 g/mol. The van der Waals surface area contributed by atoms with E-state index in [0.29, 0.717) is 19.1 Å². The molecule has 0 spiro atoms. The van der Waals surface area contributed by atoms with Crippen LogP contribution in [0.5, 0.6) is 0 Å². The van der Waals surface area contributed by atoms with E-state index in [9.17, 15) is 0 Å². The van der Waals surface area contributed by atoms with Gasteiger partial charge in [0.05, 0.1) is 0 Å². The van der Waals surface area contributed by atoms with E-state index >= 15 is 0 Å². The first-order valence-corrected chi connectivity index (χ1v) is 5.30. The minimum Gasteiger partial charge on any atom is -0.374 e. The summed E-state index contributed by atoms with van der Waals surface area (Å²) in [5.74, 6) is 2.00. The van der Waals surface area contributed by atoms with E-state index in [1.807, 2.05) is 20.0 Å². The highest BCUT2D eigenvalue weighted by atomic mass is 16.5. The lowest BCUT2D eigenvalue weighted by Gasteiger charge is -2.09. The number of aromatic nitrogens is 2. The van der Waals surface area contributed by atoms with Gasteiger partial charge in [0.1, 0.15) is 12.4 Å². The molecule has 0 unspecified atom stereocenters. The molecule has 0 aromatic carbocycles. The molecule has 0 bridgehead atoms. The fourth-order valence-electron chi connectivity index (χ4n) is 1.20. The first kappa shape index (κ1) is 11.9. The number of anilines is 1. The first-order valence-electron chi connectivity index (χ1n) is 5.30. The summed E-state index contributed by atoms with van der Waals surface area (Å²) in [5.41, 5.74) is 1.05. The highest BCUT2D eigenvalue weighted by molar-refractivity contribution is 5.35. The number of rotatable bonds is 5. The Morgan fingerprint density at radius 1 is 1.40 bits per heavy atom. The molecule has 1 rings (SSSR count). The number of nitrogens with zero attached hydrogens (tertiary/aromatic N) is 2. The van der Waals surface area contributed by atoms with Crippen molar-refractivity contribution in [3.63, 3.8) is 0 Å². The van der Waals surface area contributed by atoms with Gasteiger partial charge in [-0.2, -0.15) is 0 Å². The zero-order chi connectivity index (χ0) is 11.3. The van der Waals surface area contributed by atoms with E-state index < -0.39 is 0 Å². The molecule has 0 aliphatic heterocycles. The van der Waals surface area contributed by atoms with Crippen molar-refractivity contribution in [2.24, 2.45) is 0 Å². The highest BCUT2D eigenvalue weighted by Gasteiger charge is 2.06. The SMILES string of the molecule is CCOCc1nc(NC)cc(C(C)C)n1. The number of hydrogen-bond donors (Lipinski definition) is 1. The lowest BCUT2D eigenvalue weighted by Crippen LogP contribution is -2.06. The zero-order valence-electron chi connectivity index (χ0n) is 9.87. The number of ether oxygens (including phenoxy) is 1. The molecule has 0 saturated carbocycles. The largest absolute Gasteiger partial charge is 0.374 e. The minimum atomic E-state index is 0.403. The molecule has 0 fully saturated rings. The summed E-state index contributed by atoms with van der Waals surface area (Å²) in [5, 5.41) is 3.03. The molecule has 0 aliphatic carbocycles. The third-order valence-corrected chi connectivity index (χ3v) is 2.08. The summed E-state index contributed by atoms with van der Waals surface area (Å²) < 4.78 is 5.30. The van der Waals surface area contributed by atoms with Gasteiger partial charge in [-0.15, -0.1) is 0 Å². The van der Waals surface area contributed by atoms with E-state index in [0.717, 1.165) is 17.3 Å². The van der Waals surface area contributed by atoms with Crippen molar-refractivity contribution in [1.82, 2.24) is 9.97 Å². The fourth-order valence-corrected chi connectivity index (χ4v) is 1.20. The van der Waals surface area contributed by atoms with Crippen LogP contribution < -0.4 is 5.32 Å². The van der Waals surface area contributed by atoms with Crippen LogP contribution in [0.4, 0.5) is 5.82 Å². The van der Waals surface area contributed by atoms with Crippen molar-refractivity contribution >= 4 is 5.82 Å². The maximum Gasteiger partial charge on any atom is 0.156 e. The molecule has 4 nitrogen and oxygen atoms in total. The van der Waals surface area contributed by atoms with Crippen LogP contribution in [-0.2, 0) is 11.3 Å². The Balaban J connectivity index is 2.90. The van der Waals surface area contributed by atoms with Crippen LogP contribution in [0.3, 0.4) is 0 Å². The smallest absolute Gasteiger partial charge is 0.156 e. The minimum absolute atomic E-state index is 0.403. The summed E-state index contributed by atoms with van der Waals surface area (Å²) in [4.78, 5) is 8.77. The molecule has 1 aromatic heterocycles. The quantitative estimate of drug-likeness (QED) is 0.807. The molecule has 1 heterocycles. The van der Waals surface area contributed by atoms with Crippen molar-refractivity contribution in [2.75, 3.05) is 19.0 Å². The second kappa shape index (κ2) is 5.66. The van der Waals surface area contributed by atoms with Gasteiger partial charge in [-0.25, -0.2) is 9.97 Å². The van der Waals surface area contributed by atoms with Gasteiger partial charge in [-0.1, -0.05) is 13.8 Å². The maximum absolute atomic E-state index is 5.30. The van der Waals surface area contributed by atoms with Gasteiger partial charge in [-0.05, 0) is 12.8 Å². The third-order valence-electron chi connectivity index (χ3n) is 2.08. The fraction of sp³-hybridized carbons (Fsp3) is 0.636. The zero-order valence-corrected chi connectivity index (χ0v) is 9.87. The van der Waals surface area contributed by atoms with Gasteiger partial charge in [0.2, 0.25) is 0 Å². The van der Waals surface area contributed by atoms with Crippen LogP contribution in [-0.4, -0.2) is 23.6 Å². The number of nitrogens with one attached hydrogen (secondary N) is 1. The van der Waals surface area contributed by atoms with Gasteiger partial charge in [-0.3, -0.25) is 0 Å². The second-order valence-electron chi connectivity index (χ2n) is 3.64. The van der Waals surface area contributed by atoms with E-state index in [1.54, 1.807) is 0 Å². The Morgan fingerprint density at radius 2 is 2.13 bits per heavy atom. The van der Waals surface area contributed by atoms with Crippen molar-refractivity contribution < 1.29 is 4.74 Å². The van der Waals surface area contributed by atoms with Gasteiger partial charge in [0.15, 0.2) is 5.82 Å². The maximum atomic E-state index is 5.30. The summed E-state index contributed by atoms with van der Waals surface area (Å²) in [7, 11) is 1.86. The molecule has 0 saturated heterocycles. The molecule has 0 aliphatic rings.